The first-order valence-electron chi connectivity index (χ1n) is 2.07. The van der Waals surface area contributed by atoms with Crippen LogP contribution < -0.4 is 0 Å². The maximum absolute atomic E-state index is 8.74. The third-order valence-corrected chi connectivity index (χ3v) is 0. The van der Waals surface area contributed by atoms with Gasteiger partial charge in [-0.15, -0.1) is 0 Å². The van der Waals surface area contributed by atoms with Crippen molar-refractivity contribution >= 4 is 9.17 Å². The van der Waals surface area contributed by atoms with E-state index < -0.39 is 9.17 Å². The van der Waals surface area contributed by atoms with Gasteiger partial charge in [0.05, 0.1) is 0 Å². The topological polar surface area (TPSA) is 57.5 Å². The molecule has 0 unspecified atom stereocenters. The van der Waals surface area contributed by atoms with E-state index in [1.807, 2.05) is 0 Å². The molecule has 0 aromatic carbocycles. The van der Waals surface area contributed by atoms with Crippen LogP contribution >= 0.6 is 0 Å². The minimum atomic E-state index is -3.13. The Labute approximate surface area is 44.5 Å². The highest BCUT2D eigenvalue weighted by Gasteiger charge is 1.85. The normalized spacial score (nSPS) is 6.00. The third kappa shape index (κ3) is 501. The maximum Gasteiger partial charge on any atom is 0.761 e. The Morgan fingerprint density at radius 1 is 1.43 bits per heavy atom. The second-order valence-electron chi connectivity index (χ2n) is 0.990. The van der Waals surface area contributed by atoms with Crippen molar-refractivity contribution in [3.05, 3.63) is 0 Å². The van der Waals surface area contributed by atoms with E-state index in [9.17, 15) is 0 Å². The van der Waals surface area contributed by atoms with E-state index >= 15 is 0 Å². The predicted octanol–water partition coefficient (Wildman–Crippen LogP) is -0.197. The van der Waals surface area contributed by atoms with Crippen LogP contribution in [0.2, 0.25) is 0 Å². The van der Waals surface area contributed by atoms with Crippen LogP contribution in [0.3, 0.4) is 0 Å². The summed E-state index contributed by atoms with van der Waals surface area (Å²) in [6.07, 6.45) is 1.25. The van der Waals surface area contributed by atoms with Crippen molar-refractivity contribution in [2.24, 2.45) is 0 Å². The zero-order valence-electron chi connectivity index (χ0n) is 4.51. The molecule has 0 saturated carbocycles. The fraction of sp³-hybridized carbons (Fsp3) is 1.00. The third-order valence-electron chi connectivity index (χ3n) is 0. The highest BCUT2D eigenvalue weighted by atomic mass is 28.3. The van der Waals surface area contributed by atoms with Crippen LogP contribution in [-0.4, -0.2) is 18.8 Å². The number of rotatable bonds is 0. The summed E-state index contributed by atoms with van der Waals surface area (Å²) < 4.78 is 8.74. The number of hydrogen-bond acceptors (Lipinski definition) is 1. The molecule has 0 rings (SSSR count). The lowest BCUT2D eigenvalue weighted by molar-refractivity contribution is 0.330. The van der Waals surface area contributed by atoms with Gasteiger partial charge in [-0.25, -0.2) is 0 Å². The van der Waals surface area contributed by atoms with E-state index in [0.29, 0.717) is 0 Å². The average molecular weight is 122 g/mol. The summed E-state index contributed by atoms with van der Waals surface area (Å²) in [6.45, 7) is 4.25. The molecule has 0 aromatic heterocycles. The zero-order valence-corrected chi connectivity index (χ0v) is 5.51. The Balaban J connectivity index is 0. The van der Waals surface area contributed by atoms with Gasteiger partial charge in [0.1, 0.15) is 0 Å². The predicted molar refractivity (Wildman–Crippen MR) is 26.8 cm³/mol. The summed E-state index contributed by atoms with van der Waals surface area (Å²) in [4.78, 5) is 14.3. The van der Waals surface area contributed by atoms with Crippen molar-refractivity contribution in [2.45, 2.75) is 20.3 Å². The summed E-state index contributed by atoms with van der Waals surface area (Å²) in [5, 5.41) is 0. The van der Waals surface area contributed by atoms with E-state index in [-0.39, 0.29) is 0 Å². The van der Waals surface area contributed by atoms with Crippen molar-refractivity contribution in [2.75, 3.05) is 0 Å². The SMILES string of the molecule is CCC.O=[Si](O)O. The van der Waals surface area contributed by atoms with Crippen LogP contribution in [0.25, 0.3) is 0 Å². The summed E-state index contributed by atoms with van der Waals surface area (Å²) in [5.74, 6) is 0. The van der Waals surface area contributed by atoms with Gasteiger partial charge in [0.2, 0.25) is 0 Å². The molecule has 0 fully saturated rings. The lowest BCUT2D eigenvalue weighted by Gasteiger charge is -1.55. The minimum Gasteiger partial charge on any atom is -0.511 e. The van der Waals surface area contributed by atoms with Gasteiger partial charge < -0.3 is 9.59 Å². The van der Waals surface area contributed by atoms with Gasteiger partial charge >= 0.3 is 9.17 Å². The molecular formula is C3H10O3Si. The highest BCUT2D eigenvalue weighted by molar-refractivity contribution is 6.22. The van der Waals surface area contributed by atoms with Gasteiger partial charge in [0.25, 0.3) is 0 Å². The van der Waals surface area contributed by atoms with Crippen molar-refractivity contribution in [3.63, 3.8) is 0 Å². The molecule has 7 heavy (non-hydrogen) atoms. The van der Waals surface area contributed by atoms with E-state index in [4.69, 9.17) is 14.1 Å². The van der Waals surface area contributed by atoms with Gasteiger partial charge in [-0.1, -0.05) is 20.3 Å². The lowest BCUT2D eigenvalue weighted by Crippen LogP contribution is -1.90. The molecule has 3 nitrogen and oxygen atoms in total. The molecule has 0 atom stereocenters. The molecular weight excluding hydrogens is 112 g/mol. The quantitative estimate of drug-likeness (QED) is 0.437. The second kappa shape index (κ2) is 9.15. The molecule has 0 bridgehead atoms. The summed E-state index contributed by atoms with van der Waals surface area (Å²) >= 11 is 0. The molecule has 0 saturated heterocycles. The molecule has 0 aromatic rings. The Morgan fingerprint density at radius 2 is 1.43 bits per heavy atom. The summed E-state index contributed by atoms with van der Waals surface area (Å²) in [6, 6.07) is 0. The maximum atomic E-state index is 8.74. The Morgan fingerprint density at radius 3 is 1.43 bits per heavy atom. The first kappa shape index (κ1) is 9.79. The Bertz CT molecular complexity index is 41.4. The molecule has 4 heteroatoms. The van der Waals surface area contributed by atoms with E-state index in [1.54, 1.807) is 0 Å². The van der Waals surface area contributed by atoms with E-state index in [2.05, 4.69) is 13.8 Å². The molecule has 0 heterocycles. The van der Waals surface area contributed by atoms with Crippen LogP contribution in [0.1, 0.15) is 20.3 Å². The van der Waals surface area contributed by atoms with Gasteiger partial charge in [-0.3, -0.25) is 4.46 Å². The molecule has 0 spiro atoms. The van der Waals surface area contributed by atoms with Crippen LogP contribution in [0.5, 0.6) is 0 Å². The van der Waals surface area contributed by atoms with Crippen molar-refractivity contribution in [3.8, 4) is 0 Å². The van der Waals surface area contributed by atoms with Gasteiger partial charge in [0, 0.05) is 0 Å². The summed E-state index contributed by atoms with van der Waals surface area (Å²) in [5.41, 5.74) is 0. The second-order valence-corrected chi connectivity index (χ2v) is 1.55. The molecule has 0 aliphatic heterocycles. The first-order valence-corrected chi connectivity index (χ1v) is 3.37. The average Bonchev–Trinajstić information content (AvgIpc) is 1.33. The van der Waals surface area contributed by atoms with Gasteiger partial charge in [-0.2, -0.15) is 0 Å². The van der Waals surface area contributed by atoms with E-state index in [1.165, 1.54) is 6.42 Å². The standard InChI is InChI=1S/C3H8.H2O3Si/c1-3-2;1-4(2)3/h3H2,1-2H3;1-2H. The van der Waals surface area contributed by atoms with Crippen molar-refractivity contribution in [1.29, 1.82) is 0 Å². The fourth-order valence-electron chi connectivity index (χ4n) is 0. The van der Waals surface area contributed by atoms with Crippen LogP contribution in [0.15, 0.2) is 0 Å². The molecule has 44 valence electrons. The van der Waals surface area contributed by atoms with E-state index in [0.717, 1.165) is 0 Å². The zero-order chi connectivity index (χ0) is 6.28. The Kier molecular flexibility index (Phi) is 12.8. The van der Waals surface area contributed by atoms with Gasteiger partial charge in [0.15, 0.2) is 0 Å². The monoisotopic (exact) mass is 122 g/mol. The molecule has 0 amide bonds. The number of hydrogen-bond donors (Lipinski definition) is 2. The largest absolute Gasteiger partial charge is 0.761 e. The smallest absolute Gasteiger partial charge is 0.511 e. The van der Waals surface area contributed by atoms with Crippen molar-refractivity contribution in [1.82, 2.24) is 0 Å². The summed E-state index contributed by atoms with van der Waals surface area (Å²) in [7, 11) is -3.13. The van der Waals surface area contributed by atoms with Crippen LogP contribution in [-0.2, 0) is 4.46 Å². The minimum absolute atomic E-state index is 1.25. The van der Waals surface area contributed by atoms with Crippen LogP contribution in [0.4, 0.5) is 0 Å². The fourth-order valence-corrected chi connectivity index (χ4v) is 0. The highest BCUT2D eigenvalue weighted by Crippen LogP contribution is 1.56. The van der Waals surface area contributed by atoms with Crippen LogP contribution in [0, 0.1) is 0 Å². The van der Waals surface area contributed by atoms with Gasteiger partial charge in [-0.05, 0) is 0 Å². The molecule has 0 aliphatic rings. The Hall–Kier alpha value is -0.383. The first-order chi connectivity index (χ1) is 3.15. The molecule has 0 radical (unpaired) electrons. The molecule has 2 N–H and O–H groups in total. The molecule has 0 aliphatic carbocycles. The lowest BCUT2D eigenvalue weighted by atomic mass is 10.6. The van der Waals surface area contributed by atoms with Crippen molar-refractivity contribution < 1.29 is 14.1 Å².